The molecule has 0 bridgehead atoms. The van der Waals surface area contributed by atoms with Gasteiger partial charge in [-0.3, -0.25) is 4.79 Å². The minimum absolute atomic E-state index is 0.226. The number of nitrogens with one attached hydrogen (secondary N) is 1. The first-order valence-corrected chi connectivity index (χ1v) is 11.2. The van der Waals surface area contributed by atoms with Gasteiger partial charge < -0.3 is 24.3 Å². The molecule has 0 aromatic heterocycles. The summed E-state index contributed by atoms with van der Waals surface area (Å²) in [6, 6.07) is 29.8. The summed E-state index contributed by atoms with van der Waals surface area (Å²) < 4.78 is 22.3. The molecule has 0 aliphatic rings. The van der Waals surface area contributed by atoms with Crippen molar-refractivity contribution < 1.29 is 23.7 Å². The van der Waals surface area contributed by atoms with Gasteiger partial charge >= 0.3 is 0 Å². The van der Waals surface area contributed by atoms with Crippen molar-refractivity contribution in [3.63, 3.8) is 0 Å². The molecule has 0 fully saturated rings. The molecular weight excluding hydrogens is 442 g/mol. The first kappa shape index (κ1) is 23.7. The van der Waals surface area contributed by atoms with Crippen LogP contribution in [0, 0.1) is 0 Å². The van der Waals surface area contributed by atoms with Crippen LogP contribution in [0.2, 0.25) is 0 Å². The minimum Gasteiger partial charge on any atom is -0.497 e. The first-order chi connectivity index (χ1) is 17.1. The Morgan fingerprint density at radius 1 is 0.686 bits per heavy atom. The molecule has 4 rings (SSSR count). The third-order valence-corrected chi connectivity index (χ3v) is 5.36. The summed E-state index contributed by atoms with van der Waals surface area (Å²) in [6.45, 7) is 0.740. The number of rotatable bonds is 10. The van der Waals surface area contributed by atoms with E-state index >= 15 is 0 Å². The van der Waals surface area contributed by atoms with E-state index in [0.29, 0.717) is 29.4 Å². The van der Waals surface area contributed by atoms with Gasteiger partial charge in [0.1, 0.15) is 36.2 Å². The predicted octanol–water partition coefficient (Wildman–Crippen LogP) is 6.11. The van der Waals surface area contributed by atoms with Gasteiger partial charge in [-0.2, -0.15) is 0 Å². The summed E-state index contributed by atoms with van der Waals surface area (Å²) in [5.41, 5.74) is 3.04. The van der Waals surface area contributed by atoms with Crippen molar-refractivity contribution in [2.24, 2.45) is 0 Å². The second-order valence-electron chi connectivity index (χ2n) is 7.74. The molecule has 0 saturated heterocycles. The Bertz CT molecular complexity index is 1240. The summed E-state index contributed by atoms with van der Waals surface area (Å²) in [5, 5.41) is 2.92. The molecule has 35 heavy (non-hydrogen) atoms. The Morgan fingerprint density at radius 2 is 1.31 bits per heavy atom. The maximum atomic E-state index is 12.9. The van der Waals surface area contributed by atoms with Crippen LogP contribution in [-0.2, 0) is 13.2 Å². The number of hydrogen-bond acceptors (Lipinski definition) is 5. The smallest absolute Gasteiger partial charge is 0.255 e. The fourth-order valence-electron chi connectivity index (χ4n) is 3.44. The minimum atomic E-state index is -0.226. The van der Waals surface area contributed by atoms with E-state index in [1.165, 1.54) is 0 Å². The van der Waals surface area contributed by atoms with E-state index in [9.17, 15) is 4.79 Å². The quantitative estimate of drug-likeness (QED) is 0.303. The molecule has 0 heterocycles. The molecule has 0 aliphatic heterocycles. The molecule has 0 saturated carbocycles. The number of amides is 1. The molecule has 1 N–H and O–H groups in total. The molecular formula is C29H27NO5. The molecule has 0 unspecified atom stereocenters. The van der Waals surface area contributed by atoms with Gasteiger partial charge in [0.2, 0.25) is 0 Å². The van der Waals surface area contributed by atoms with Crippen molar-refractivity contribution in [3.8, 4) is 23.0 Å². The molecule has 0 spiro atoms. The van der Waals surface area contributed by atoms with Gasteiger partial charge in [0.15, 0.2) is 0 Å². The molecule has 6 nitrogen and oxygen atoms in total. The zero-order chi connectivity index (χ0) is 24.5. The van der Waals surface area contributed by atoms with Crippen LogP contribution in [0.3, 0.4) is 0 Å². The summed E-state index contributed by atoms with van der Waals surface area (Å²) in [7, 11) is 3.21. The monoisotopic (exact) mass is 469 g/mol. The van der Waals surface area contributed by atoms with E-state index in [1.807, 2.05) is 78.9 Å². The molecule has 0 radical (unpaired) electrons. The summed E-state index contributed by atoms with van der Waals surface area (Å²) >= 11 is 0. The van der Waals surface area contributed by atoms with Gasteiger partial charge in [0.05, 0.1) is 14.2 Å². The highest BCUT2D eigenvalue weighted by atomic mass is 16.5. The van der Waals surface area contributed by atoms with Crippen molar-refractivity contribution in [1.82, 2.24) is 0 Å². The third kappa shape index (κ3) is 6.54. The Morgan fingerprint density at radius 3 is 1.97 bits per heavy atom. The third-order valence-electron chi connectivity index (χ3n) is 5.36. The number of ether oxygens (including phenoxy) is 4. The number of benzene rings is 4. The second-order valence-corrected chi connectivity index (χ2v) is 7.74. The van der Waals surface area contributed by atoms with Gasteiger partial charge in [-0.05, 0) is 72.3 Å². The fourth-order valence-corrected chi connectivity index (χ4v) is 3.44. The van der Waals surface area contributed by atoms with Crippen LogP contribution in [0.15, 0.2) is 97.1 Å². The zero-order valence-corrected chi connectivity index (χ0v) is 19.7. The van der Waals surface area contributed by atoms with E-state index in [-0.39, 0.29) is 12.5 Å². The topological polar surface area (TPSA) is 66.0 Å². The van der Waals surface area contributed by atoms with Crippen LogP contribution in [0.5, 0.6) is 23.0 Å². The van der Waals surface area contributed by atoms with Crippen molar-refractivity contribution >= 4 is 11.6 Å². The van der Waals surface area contributed by atoms with Crippen LogP contribution in [-0.4, -0.2) is 20.1 Å². The SMILES string of the molecule is COc1ccc(OCc2cc(C(=O)Nc3ccc(OCc4ccccc4)cc3)ccc2OC)cc1. The van der Waals surface area contributed by atoms with E-state index < -0.39 is 0 Å². The number of anilines is 1. The molecule has 6 heteroatoms. The zero-order valence-electron chi connectivity index (χ0n) is 19.7. The van der Waals surface area contributed by atoms with E-state index in [1.54, 1.807) is 32.4 Å². The van der Waals surface area contributed by atoms with Crippen molar-refractivity contribution in [2.75, 3.05) is 19.5 Å². The first-order valence-electron chi connectivity index (χ1n) is 11.2. The van der Waals surface area contributed by atoms with Gasteiger partial charge in [0, 0.05) is 16.8 Å². The van der Waals surface area contributed by atoms with Crippen molar-refractivity contribution in [1.29, 1.82) is 0 Å². The van der Waals surface area contributed by atoms with Crippen LogP contribution >= 0.6 is 0 Å². The lowest BCUT2D eigenvalue weighted by Gasteiger charge is -2.13. The Hall–Kier alpha value is -4.45. The van der Waals surface area contributed by atoms with Gasteiger partial charge in [0.25, 0.3) is 5.91 Å². The normalized spacial score (nSPS) is 10.3. The van der Waals surface area contributed by atoms with E-state index in [2.05, 4.69) is 5.32 Å². The van der Waals surface area contributed by atoms with E-state index in [4.69, 9.17) is 18.9 Å². The average Bonchev–Trinajstić information content (AvgIpc) is 2.92. The molecule has 4 aromatic rings. The summed E-state index contributed by atoms with van der Waals surface area (Å²) in [5.74, 6) is 2.60. The van der Waals surface area contributed by atoms with Crippen LogP contribution < -0.4 is 24.3 Å². The lowest BCUT2D eigenvalue weighted by atomic mass is 10.1. The highest BCUT2D eigenvalue weighted by molar-refractivity contribution is 6.04. The largest absolute Gasteiger partial charge is 0.497 e. The number of hydrogen-bond donors (Lipinski definition) is 1. The highest BCUT2D eigenvalue weighted by Gasteiger charge is 2.12. The van der Waals surface area contributed by atoms with Gasteiger partial charge in [-0.1, -0.05) is 30.3 Å². The maximum Gasteiger partial charge on any atom is 0.255 e. The summed E-state index contributed by atoms with van der Waals surface area (Å²) in [6.07, 6.45) is 0. The molecule has 1 amide bonds. The van der Waals surface area contributed by atoms with Gasteiger partial charge in [-0.15, -0.1) is 0 Å². The fraction of sp³-hybridized carbons (Fsp3) is 0.138. The number of carbonyl (C=O) groups excluding carboxylic acids is 1. The Balaban J connectivity index is 1.37. The molecule has 178 valence electrons. The van der Waals surface area contributed by atoms with Crippen molar-refractivity contribution in [2.45, 2.75) is 13.2 Å². The van der Waals surface area contributed by atoms with Crippen LogP contribution in [0.25, 0.3) is 0 Å². The Kier molecular flexibility index (Phi) is 7.86. The number of methoxy groups -OCH3 is 2. The molecule has 4 aromatic carbocycles. The maximum absolute atomic E-state index is 12.9. The average molecular weight is 470 g/mol. The van der Waals surface area contributed by atoms with Gasteiger partial charge in [-0.25, -0.2) is 0 Å². The number of carbonyl (C=O) groups is 1. The Labute approximate surface area is 205 Å². The molecule has 0 aliphatic carbocycles. The summed E-state index contributed by atoms with van der Waals surface area (Å²) in [4.78, 5) is 12.9. The lowest BCUT2D eigenvalue weighted by Crippen LogP contribution is -2.13. The van der Waals surface area contributed by atoms with E-state index in [0.717, 1.165) is 22.6 Å². The second kappa shape index (κ2) is 11.6. The standard InChI is InChI=1S/C29H27NO5/c1-32-25-13-15-27(16-14-25)35-20-23-18-22(8-17-28(23)33-2)29(31)30-24-9-11-26(12-10-24)34-19-21-6-4-3-5-7-21/h3-18H,19-20H2,1-2H3,(H,30,31). The van der Waals surface area contributed by atoms with Crippen LogP contribution in [0.1, 0.15) is 21.5 Å². The molecule has 0 atom stereocenters. The van der Waals surface area contributed by atoms with Crippen LogP contribution in [0.4, 0.5) is 5.69 Å². The highest BCUT2D eigenvalue weighted by Crippen LogP contribution is 2.24. The lowest BCUT2D eigenvalue weighted by molar-refractivity contribution is 0.102. The predicted molar refractivity (Wildman–Crippen MR) is 135 cm³/mol. The van der Waals surface area contributed by atoms with Crippen molar-refractivity contribution in [3.05, 3.63) is 114 Å².